The Balaban J connectivity index is 2.15. The van der Waals surface area contributed by atoms with E-state index in [2.05, 4.69) is 33.6 Å². The second-order valence-corrected chi connectivity index (χ2v) is 4.34. The largest absolute Gasteiger partial charge is 0.383 e. The average Bonchev–Trinajstić information content (AvgIpc) is 2.38. The molecular weight excluding hydrogens is 214 g/mol. The van der Waals surface area contributed by atoms with Crippen molar-refractivity contribution in [3.63, 3.8) is 0 Å². The lowest BCUT2D eigenvalue weighted by Gasteiger charge is -2.35. The molecule has 5 heteroatoms. The molecule has 0 atom stereocenters. The van der Waals surface area contributed by atoms with Gasteiger partial charge in [0, 0.05) is 31.7 Å². The van der Waals surface area contributed by atoms with Crippen LogP contribution in [0, 0.1) is 0 Å². The highest BCUT2D eigenvalue weighted by Gasteiger charge is 2.19. The van der Waals surface area contributed by atoms with E-state index in [-0.39, 0.29) is 0 Å². The second kappa shape index (κ2) is 5.31. The van der Waals surface area contributed by atoms with E-state index >= 15 is 0 Å². The number of nitrogen functional groups attached to an aromatic ring is 1. The highest BCUT2D eigenvalue weighted by molar-refractivity contribution is 5.56. The molecule has 2 rings (SSSR count). The summed E-state index contributed by atoms with van der Waals surface area (Å²) >= 11 is 0. The van der Waals surface area contributed by atoms with Gasteiger partial charge in [-0.15, -0.1) is 0 Å². The lowest BCUT2D eigenvalue weighted by Crippen LogP contribution is -2.46. The first kappa shape index (κ1) is 12.1. The van der Waals surface area contributed by atoms with E-state index in [1.807, 2.05) is 0 Å². The van der Waals surface area contributed by atoms with E-state index in [1.54, 1.807) is 6.33 Å². The van der Waals surface area contributed by atoms with Crippen LogP contribution in [0.25, 0.3) is 0 Å². The molecule has 0 amide bonds. The van der Waals surface area contributed by atoms with Gasteiger partial charge in [-0.05, 0) is 13.0 Å². The summed E-state index contributed by atoms with van der Waals surface area (Å²) in [6.45, 7) is 9.68. The Morgan fingerprint density at radius 3 is 2.47 bits per heavy atom. The van der Waals surface area contributed by atoms with Gasteiger partial charge in [0.05, 0.1) is 0 Å². The minimum Gasteiger partial charge on any atom is -0.383 e. The highest BCUT2D eigenvalue weighted by atomic mass is 15.3. The molecule has 0 radical (unpaired) electrons. The summed E-state index contributed by atoms with van der Waals surface area (Å²) in [6.07, 6.45) is 2.45. The molecule has 1 aliphatic rings. The second-order valence-electron chi connectivity index (χ2n) is 4.34. The van der Waals surface area contributed by atoms with Crippen molar-refractivity contribution < 1.29 is 0 Å². The summed E-state index contributed by atoms with van der Waals surface area (Å²) in [6, 6.07) is 0. The van der Waals surface area contributed by atoms with E-state index in [0.717, 1.165) is 50.5 Å². The van der Waals surface area contributed by atoms with Gasteiger partial charge < -0.3 is 15.5 Å². The molecule has 94 valence electrons. The molecule has 1 aliphatic heterocycles. The number of likely N-dealkylation sites (N-methyl/N-ethyl adjacent to an activating group) is 1. The zero-order valence-corrected chi connectivity index (χ0v) is 10.7. The van der Waals surface area contributed by atoms with Crippen molar-refractivity contribution >= 4 is 11.6 Å². The van der Waals surface area contributed by atoms with Crippen LogP contribution < -0.4 is 10.6 Å². The Labute approximate surface area is 103 Å². The molecule has 1 aromatic heterocycles. The number of anilines is 2. The number of hydrogen-bond donors (Lipinski definition) is 1. The third-order valence-electron chi connectivity index (χ3n) is 3.43. The van der Waals surface area contributed by atoms with E-state index in [0.29, 0.717) is 5.82 Å². The van der Waals surface area contributed by atoms with Crippen LogP contribution in [0.1, 0.15) is 19.4 Å². The molecule has 0 aliphatic carbocycles. The molecule has 2 heterocycles. The van der Waals surface area contributed by atoms with Crippen LogP contribution in [0.2, 0.25) is 0 Å². The number of nitrogens with two attached hydrogens (primary N) is 1. The van der Waals surface area contributed by atoms with Crippen LogP contribution in [0.5, 0.6) is 0 Å². The molecule has 1 aromatic rings. The van der Waals surface area contributed by atoms with Crippen molar-refractivity contribution in [1.29, 1.82) is 0 Å². The van der Waals surface area contributed by atoms with Crippen LogP contribution >= 0.6 is 0 Å². The van der Waals surface area contributed by atoms with Gasteiger partial charge in [-0.25, -0.2) is 9.97 Å². The number of rotatable bonds is 3. The molecule has 0 spiro atoms. The molecule has 0 aromatic carbocycles. The summed E-state index contributed by atoms with van der Waals surface area (Å²) in [5.74, 6) is 1.64. The van der Waals surface area contributed by atoms with Crippen molar-refractivity contribution in [3.05, 3.63) is 11.9 Å². The van der Waals surface area contributed by atoms with Crippen LogP contribution in [0.3, 0.4) is 0 Å². The molecule has 0 saturated carbocycles. The average molecular weight is 235 g/mol. The van der Waals surface area contributed by atoms with Gasteiger partial charge in [-0.1, -0.05) is 13.8 Å². The van der Waals surface area contributed by atoms with Crippen molar-refractivity contribution in [2.24, 2.45) is 0 Å². The Morgan fingerprint density at radius 2 is 1.88 bits per heavy atom. The fourth-order valence-corrected chi connectivity index (χ4v) is 2.30. The van der Waals surface area contributed by atoms with Gasteiger partial charge in [0.1, 0.15) is 18.0 Å². The summed E-state index contributed by atoms with van der Waals surface area (Å²) in [7, 11) is 0. The summed E-state index contributed by atoms with van der Waals surface area (Å²) in [4.78, 5) is 13.2. The summed E-state index contributed by atoms with van der Waals surface area (Å²) in [5, 5.41) is 0. The number of piperazine rings is 1. The van der Waals surface area contributed by atoms with E-state index in [1.165, 1.54) is 0 Å². The van der Waals surface area contributed by atoms with Gasteiger partial charge in [0.2, 0.25) is 0 Å². The lowest BCUT2D eigenvalue weighted by molar-refractivity contribution is 0.270. The molecule has 1 fully saturated rings. The Hall–Kier alpha value is -1.36. The quantitative estimate of drug-likeness (QED) is 0.838. The van der Waals surface area contributed by atoms with E-state index < -0.39 is 0 Å². The molecule has 0 bridgehead atoms. The maximum Gasteiger partial charge on any atom is 0.137 e. The first-order chi connectivity index (χ1) is 8.26. The smallest absolute Gasteiger partial charge is 0.137 e. The third kappa shape index (κ3) is 2.49. The van der Waals surface area contributed by atoms with Crippen molar-refractivity contribution in [2.45, 2.75) is 20.3 Å². The predicted molar refractivity (Wildman–Crippen MR) is 70.1 cm³/mol. The van der Waals surface area contributed by atoms with Crippen LogP contribution in [-0.2, 0) is 6.42 Å². The number of hydrogen-bond acceptors (Lipinski definition) is 5. The topological polar surface area (TPSA) is 58.3 Å². The zero-order chi connectivity index (χ0) is 12.3. The van der Waals surface area contributed by atoms with E-state index in [4.69, 9.17) is 5.73 Å². The molecule has 1 saturated heterocycles. The minimum absolute atomic E-state index is 0.621. The predicted octanol–water partition coefficient (Wildman–Crippen LogP) is 0.763. The normalized spacial score (nSPS) is 17.4. The van der Waals surface area contributed by atoms with Crippen LogP contribution in [0.15, 0.2) is 6.33 Å². The van der Waals surface area contributed by atoms with Gasteiger partial charge in [-0.3, -0.25) is 0 Å². The van der Waals surface area contributed by atoms with Crippen LogP contribution in [0.4, 0.5) is 11.6 Å². The molecular formula is C12H21N5. The Morgan fingerprint density at radius 1 is 1.18 bits per heavy atom. The maximum atomic E-state index is 5.90. The molecule has 0 unspecified atom stereocenters. The van der Waals surface area contributed by atoms with Crippen molar-refractivity contribution in [2.75, 3.05) is 43.4 Å². The first-order valence-corrected chi connectivity index (χ1v) is 6.32. The van der Waals surface area contributed by atoms with E-state index in [9.17, 15) is 0 Å². The van der Waals surface area contributed by atoms with Gasteiger partial charge in [-0.2, -0.15) is 0 Å². The first-order valence-electron chi connectivity index (χ1n) is 6.32. The van der Waals surface area contributed by atoms with Gasteiger partial charge in [0.15, 0.2) is 0 Å². The molecule has 17 heavy (non-hydrogen) atoms. The molecule has 2 N–H and O–H groups in total. The monoisotopic (exact) mass is 235 g/mol. The van der Waals surface area contributed by atoms with Crippen molar-refractivity contribution in [3.8, 4) is 0 Å². The SMILES string of the molecule is CCc1c(N)ncnc1N1CCN(CC)CC1. The standard InChI is InChI=1S/C12H21N5/c1-3-10-11(13)14-9-15-12(10)17-7-5-16(4-2)6-8-17/h9H,3-8H2,1-2H3,(H2,13,14,15). The Kier molecular flexibility index (Phi) is 3.78. The highest BCUT2D eigenvalue weighted by Crippen LogP contribution is 2.22. The summed E-state index contributed by atoms with van der Waals surface area (Å²) in [5.41, 5.74) is 6.98. The lowest BCUT2D eigenvalue weighted by atomic mass is 10.2. The number of nitrogens with zero attached hydrogens (tertiary/aromatic N) is 4. The van der Waals surface area contributed by atoms with Crippen molar-refractivity contribution in [1.82, 2.24) is 14.9 Å². The zero-order valence-electron chi connectivity index (χ0n) is 10.7. The number of aromatic nitrogens is 2. The minimum atomic E-state index is 0.621. The van der Waals surface area contributed by atoms with Gasteiger partial charge in [0.25, 0.3) is 0 Å². The van der Waals surface area contributed by atoms with Gasteiger partial charge >= 0.3 is 0 Å². The third-order valence-corrected chi connectivity index (χ3v) is 3.43. The molecule has 5 nitrogen and oxygen atoms in total. The summed E-state index contributed by atoms with van der Waals surface area (Å²) < 4.78 is 0. The Bertz CT molecular complexity index is 371. The van der Waals surface area contributed by atoms with Crippen LogP contribution in [-0.4, -0.2) is 47.6 Å². The fourth-order valence-electron chi connectivity index (χ4n) is 2.30. The maximum absolute atomic E-state index is 5.90. The fraction of sp³-hybridized carbons (Fsp3) is 0.667.